The zero-order valence-corrected chi connectivity index (χ0v) is 13.0. The molecular weight excluding hydrogens is 286 g/mol. The van der Waals surface area contributed by atoms with Gasteiger partial charge in [0.2, 0.25) is 5.91 Å². The quantitative estimate of drug-likeness (QED) is 0.867. The number of rotatable bonds is 6. The van der Waals surface area contributed by atoms with E-state index < -0.39 is 0 Å². The van der Waals surface area contributed by atoms with Crippen molar-refractivity contribution in [3.8, 4) is 5.88 Å². The summed E-state index contributed by atoms with van der Waals surface area (Å²) >= 11 is 0. The van der Waals surface area contributed by atoms with Gasteiger partial charge in [0.05, 0.1) is 12.6 Å². The number of amides is 1. The summed E-state index contributed by atoms with van der Waals surface area (Å²) in [4.78, 5) is 22.0. The minimum Gasteiger partial charge on any atom is -0.472 e. The van der Waals surface area contributed by atoms with Gasteiger partial charge in [-0.2, -0.15) is 0 Å². The van der Waals surface area contributed by atoms with Crippen molar-refractivity contribution in [2.75, 3.05) is 23.8 Å². The molecule has 0 aliphatic carbocycles. The van der Waals surface area contributed by atoms with Crippen molar-refractivity contribution < 1.29 is 14.1 Å². The van der Waals surface area contributed by atoms with Gasteiger partial charge in [-0.25, -0.2) is 9.97 Å². The Labute approximate surface area is 128 Å². The Morgan fingerprint density at radius 3 is 2.77 bits per heavy atom. The number of hydrogen-bond donors (Lipinski definition) is 1. The van der Waals surface area contributed by atoms with E-state index in [9.17, 15) is 4.79 Å². The average Bonchev–Trinajstić information content (AvgIpc) is 2.83. The van der Waals surface area contributed by atoms with Gasteiger partial charge >= 0.3 is 0 Å². The van der Waals surface area contributed by atoms with Crippen LogP contribution >= 0.6 is 0 Å². The van der Waals surface area contributed by atoms with Crippen LogP contribution in [0, 0.1) is 6.92 Å². The maximum atomic E-state index is 12.0. The summed E-state index contributed by atoms with van der Waals surface area (Å²) < 4.78 is 10.5. The molecule has 0 aromatic carbocycles. The smallest absolute Gasteiger partial charge is 0.257 e. The van der Waals surface area contributed by atoms with Crippen molar-refractivity contribution in [1.82, 2.24) is 15.1 Å². The molecule has 1 amide bonds. The number of aromatic nitrogens is 3. The Morgan fingerprint density at radius 2 is 2.14 bits per heavy atom. The van der Waals surface area contributed by atoms with Crippen LogP contribution < -0.4 is 15.0 Å². The summed E-state index contributed by atoms with van der Waals surface area (Å²) in [6.07, 6.45) is 3.07. The predicted molar refractivity (Wildman–Crippen MR) is 80.9 cm³/mol. The SMILES string of the molecule is Cc1cc(NC(=O)CN(C)c2nccnc2OC(C)C)no1. The molecule has 0 saturated heterocycles. The largest absolute Gasteiger partial charge is 0.472 e. The monoisotopic (exact) mass is 305 g/mol. The first-order chi connectivity index (χ1) is 10.5. The Kier molecular flexibility index (Phi) is 4.92. The van der Waals surface area contributed by atoms with E-state index in [0.717, 1.165) is 0 Å². The third kappa shape index (κ3) is 4.18. The number of anilines is 2. The van der Waals surface area contributed by atoms with Gasteiger partial charge in [-0.05, 0) is 20.8 Å². The molecule has 0 radical (unpaired) electrons. The van der Waals surface area contributed by atoms with Crippen LogP contribution in [0.15, 0.2) is 23.0 Å². The summed E-state index contributed by atoms with van der Waals surface area (Å²) in [5, 5.41) is 6.36. The van der Waals surface area contributed by atoms with Gasteiger partial charge in [0.1, 0.15) is 5.76 Å². The van der Waals surface area contributed by atoms with Gasteiger partial charge in [-0.15, -0.1) is 0 Å². The van der Waals surface area contributed by atoms with E-state index in [0.29, 0.717) is 23.3 Å². The molecule has 0 aliphatic rings. The van der Waals surface area contributed by atoms with E-state index in [1.165, 1.54) is 0 Å². The summed E-state index contributed by atoms with van der Waals surface area (Å²) in [5.74, 6) is 1.67. The van der Waals surface area contributed by atoms with Crippen molar-refractivity contribution in [2.24, 2.45) is 0 Å². The molecule has 0 bridgehead atoms. The first kappa shape index (κ1) is 15.7. The lowest BCUT2D eigenvalue weighted by molar-refractivity contribution is -0.115. The number of nitrogens with one attached hydrogen (secondary N) is 1. The van der Waals surface area contributed by atoms with Crippen LogP contribution in [0.5, 0.6) is 5.88 Å². The molecule has 8 nitrogen and oxygen atoms in total. The maximum absolute atomic E-state index is 12.0. The molecule has 22 heavy (non-hydrogen) atoms. The highest BCUT2D eigenvalue weighted by Crippen LogP contribution is 2.22. The molecule has 2 heterocycles. The number of hydrogen-bond acceptors (Lipinski definition) is 7. The van der Waals surface area contributed by atoms with Crippen molar-refractivity contribution in [2.45, 2.75) is 26.9 Å². The standard InChI is InChI=1S/C14H19N5O3/c1-9(2)21-14-13(15-5-6-16-14)19(4)8-12(20)17-11-7-10(3)22-18-11/h5-7,9H,8H2,1-4H3,(H,17,18,20). The van der Waals surface area contributed by atoms with E-state index in [1.807, 2.05) is 13.8 Å². The Morgan fingerprint density at radius 1 is 1.41 bits per heavy atom. The Balaban J connectivity index is 2.02. The molecule has 0 fully saturated rings. The molecule has 1 N–H and O–H groups in total. The molecule has 8 heteroatoms. The van der Waals surface area contributed by atoms with E-state index in [4.69, 9.17) is 9.26 Å². The number of carbonyl (C=O) groups excluding carboxylic acids is 1. The predicted octanol–water partition coefficient (Wildman–Crippen LogP) is 1.64. The number of ether oxygens (including phenoxy) is 1. The lowest BCUT2D eigenvalue weighted by Gasteiger charge is -2.20. The maximum Gasteiger partial charge on any atom is 0.257 e. The van der Waals surface area contributed by atoms with Gasteiger partial charge in [0.15, 0.2) is 11.6 Å². The van der Waals surface area contributed by atoms with Crippen LogP contribution in [0.4, 0.5) is 11.6 Å². The molecule has 0 aliphatic heterocycles. The van der Waals surface area contributed by atoms with Crippen LogP contribution in [-0.2, 0) is 4.79 Å². The zero-order chi connectivity index (χ0) is 16.1. The molecule has 0 saturated carbocycles. The first-order valence-electron chi connectivity index (χ1n) is 6.87. The lowest BCUT2D eigenvalue weighted by atomic mass is 10.4. The van der Waals surface area contributed by atoms with Crippen LogP contribution in [0.2, 0.25) is 0 Å². The van der Waals surface area contributed by atoms with Crippen LogP contribution in [0.3, 0.4) is 0 Å². The van der Waals surface area contributed by atoms with Gasteiger partial charge in [-0.3, -0.25) is 4.79 Å². The molecule has 118 valence electrons. The molecule has 2 aromatic heterocycles. The molecule has 2 rings (SSSR count). The van der Waals surface area contributed by atoms with Crippen molar-refractivity contribution in [3.05, 3.63) is 24.2 Å². The van der Waals surface area contributed by atoms with Crippen molar-refractivity contribution >= 4 is 17.5 Å². The Bertz CT molecular complexity index is 641. The highest BCUT2D eigenvalue weighted by Gasteiger charge is 2.16. The normalized spacial score (nSPS) is 10.6. The van der Waals surface area contributed by atoms with Gasteiger partial charge in [-0.1, -0.05) is 5.16 Å². The van der Waals surface area contributed by atoms with Gasteiger partial charge in [0, 0.05) is 25.5 Å². The highest BCUT2D eigenvalue weighted by molar-refractivity contribution is 5.93. The summed E-state index contributed by atoms with van der Waals surface area (Å²) in [6.45, 7) is 5.64. The zero-order valence-electron chi connectivity index (χ0n) is 13.0. The van der Waals surface area contributed by atoms with E-state index >= 15 is 0 Å². The number of aryl methyl sites for hydroxylation is 1. The van der Waals surface area contributed by atoms with E-state index in [2.05, 4.69) is 20.4 Å². The van der Waals surface area contributed by atoms with Crippen LogP contribution in [-0.4, -0.2) is 40.7 Å². The van der Waals surface area contributed by atoms with Gasteiger partial charge in [0.25, 0.3) is 5.88 Å². The Hall–Kier alpha value is -2.64. The minimum absolute atomic E-state index is 0.0317. The summed E-state index contributed by atoms with van der Waals surface area (Å²) in [5.41, 5.74) is 0. The van der Waals surface area contributed by atoms with E-state index in [1.54, 1.807) is 37.3 Å². The summed E-state index contributed by atoms with van der Waals surface area (Å²) in [7, 11) is 1.74. The average molecular weight is 305 g/mol. The second-order valence-corrected chi connectivity index (χ2v) is 5.08. The second-order valence-electron chi connectivity index (χ2n) is 5.08. The first-order valence-corrected chi connectivity index (χ1v) is 6.87. The number of nitrogens with zero attached hydrogens (tertiary/aromatic N) is 4. The number of carbonyl (C=O) groups is 1. The van der Waals surface area contributed by atoms with E-state index in [-0.39, 0.29) is 18.6 Å². The fourth-order valence-electron chi connectivity index (χ4n) is 1.78. The third-order valence-corrected chi connectivity index (χ3v) is 2.63. The lowest BCUT2D eigenvalue weighted by Crippen LogP contribution is -2.31. The minimum atomic E-state index is -0.239. The third-order valence-electron chi connectivity index (χ3n) is 2.63. The van der Waals surface area contributed by atoms with Crippen molar-refractivity contribution in [1.29, 1.82) is 0 Å². The molecule has 0 unspecified atom stereocenters. The van der Waals surface area contributed by atoms with Crippen molar-refractivity contribution in [3.63, 3.8) is 0 Å². The number of likely N-dealkylation sites (N-methyl/N-ethyl adjacent to an activating group) is 1. The molecule has 2 aromatic rings. The molecular formula is C14H19N5O3. The van der Waals surface area contributed by atoms with Gasteiger partial charge < -0.3 is 19.5 Å². The fraction of sp³-hybridized carbons (Fsp3) is 0.429. The van der Waals surface area contributed by atoms with Crippen LogP contribution in [0.25, 0.3) is 0 Å². The summed E-state index contributed by atoms with van der Waals surface area (Å²) in [6, 6.07) is 1.65. The fourth-order valence-corrected chi connectivity index (χ4v) is 1.78. The van der Waals surface area contributed by atoms with Crippen LogP contribution in [0.1, 0.15) is 19.6 Å². The second kappa shape index (κ2) is 6.88. The topological polar surface area (TPSA) is 93.4 Å². The molecule has 0 spiro atoms. The highest BCUT2D eigenvalue weighted by atomic mass is 16.5. The molecule has 0 atom stereocenters.